The molecule has 0 spiro atoms. The molecule has 0 aromatic heterocycles. The molecule has 2 aliphatic carbocycles. The van der Waals surface area contributed by atoms with Gasteiger partial charge in [-0.05, 0) is 41.4 Å². The highest BCUT2D eigenvalue weighted by Gasteiger charge is 2.49. The minimum atomic E-state index is -0.704. The largest absolute Gasteiger partial charge is 0.868 e. The Morgan fingerprint density at radius 2 is 1.54 bits per heavy atom. The molecule has 1 heterocycles. The van der Waals surface area contributed by atoms with Gasteiger partial charge in [-0.25, -0.2) is 0 Å². The monoisotopic (exact) mass is 481 g/mol. The fraction of sp³-hybridized carbons (Fsp3) is 0.556. The molecule has 0 unspecified atom stereocenters. The van der Waals surface area contributed by atoms with Crippen LogP contribution in [0.25, 0.3) is 0 Å². The summed E-state index contributed by atoms with van der Waals surface area (Å²) < 4.78 is 5.28. The van der Waals surface area contributed by atoms with Gasteiger partial charge in [-0.15, -0.1) is 0 Å². The van der Waals surface area contributed by atoms with Crippen LogP contribution in [0.15, 0.2) is 40.7 Å². The molecule has 0 amide bonds. The van der Waals surface area contributed by atoms with Gasteiger partial charge in [-0.1, -0.05) is 39.8 Å². The standard InChI is InChI=1S/C27H34N2O6/c1-26(2)12-18-24(21(31)14-26)23(16-7-8-20(30)17(11-16)29(33)34)25-19(28(18)9-6-10-35-5)13-27(3,4)15-22(25)32/h7-8,11,23,30H,6,9-10,12-15H2,1-5H3/p-1. The van der Waals surface area contributed by atoms with Gasteiger partial charge in [0, 0.05) is 67.6 Å². The first-order chi connectivity index (χ1) is 16.3. The number of allylic oxidation sites excluding steroid dienone is 4. The van der Waals surface area contributed by atoms with Crippen LogP contribution in [0.3, 0.4) is 0 Å². The van der Waals surface area contributed by atoms with Gasteiger partial charge >= 0.3 is 0 Å². The minimum absolute atomic E-state index is 0.0453. The average molecular weight is 482 g/mol. The second-order valence-electron chi connectivity index (χ2n) is 11.5. The number of carbonyl (C=O) groups excluding carboxylic acids is 2. The summed E-state index contributed by atoms with van der Waals surface area (Å²) in [6.07, 6.45) is 2.71. The molecule has 0 atom stereocenters. The highest BCUT2D eigenvalue weighted by atomic mass is 16.6. The third kappa shape index (κ3) is 4.63. The van der Waals surface area contributed by atoms with Crippen LogP contribution in [0.2, 0.25) is 0 Å². The van der Waals surface area contributed by atoms with E-state index in [-0.39, 0.29) is 22.4 Å². The number of carbonyl (C=O) groups is 2. The molecule has 1 aromatic rings. The number of Topliss-reactive ketones (excluding diaryl/α,β-unsaturated/α-hetero) is 2. The van der Waals surface area contributed by atoms with E-state index in [9.17, 15) is 24.8 Å². The van der Waals surface area contributed by atoms with Gasteiger partial charge in [-0.2, -0.15) is 0 Å². The summed E-state index contributed by atoms with van der Waals surface area (Å²) >= 11 is 0. The molecule has 0 saturated carbocycles. The third-order valence-electron chi connectivity index (χ3n) is 7.27. The smallest absolute Gasteiger partial charge is 0.262 e. The maximum absolute atomic E-state index is 13.7. The summed E-state index contributed by atoms with van der Waals surface area (Å²) in [4.78, 5) is 40.3. The van der Waals surface area contributed by atoms with Crippen molar-refractivity contribution in [3.63, 3.8) is 0 Å². The van der Waals surface area contributed by atoms with Crippen LogP contribution in [0.4, 0.5) is 5.69 Å². The molecule has 8 heteroatoms. The van der Waals surface area contributed by atoms with E-state index in [1.165, 1.54) is 18.2 Å². The second kappa shape index (κ2) is 8.90. The first kappa shape index (κ1) is 25.1. The number of hydrogen-bond acceptors (Lipinski definition) is 7. The van der Waals surface area contributed by atoms with Crippen molar-refractivity contribution in [3.8, 4) is 5.75 Å². The fourth-order valence-corrected chi connectivity index (χ4v) is 5.87. The molecule has 188 valence electrons. The van der Waals surface area contributed by atoms with Crippen LogP contribution >= 0.6 is 0 Å². The third-order valence-corrected chi connectivity index (χ3v) is 7.27. The van der Waals surface area contributed by atoms with E-state index in [4.69, 9.17) is 4.74 Å². The summed E-state index contributed by atoms with van der Waals surface area (Å²) in [5.41, 5.74) is 2.28. The number of hydrogen-bond donors (Lipinski definition) is 0. The zero-order valence-corrected chi connectivity index (χ0v) is 21.1. The molecular formula is C27H33N2O6-. The highest BCUT2D eigenvalue weighted by Crippen LogP contribution is 2.54. The quantitative estimate of drug-likeness (QED) is 0.336. The van der Waals surface area contributed by atoms with Crippen LogP contribution < -0.4 is 5.11 Å². The summed E-state index contributed by atoms with van der Waals surface area (Å²) in [6, 6.07) is 3.96. The van der Waals surface area contributed by atoms with E-state index in [2.05, 4.69) is 32.6 Å². The Morgan fingerprint density at radius 3 is 2.03 bits per heavy atom. The van der Waals surface area contributed by atoms with Crippen molar-refractivity contribution in [2.45, 2.75) is 65.7 Å². The predicted octanol–water partition coefficient (Wildman–Crippen LogP) is 4.39. The molecule has 1 aromatic carbocycles. The normalized spacial score (nSPS) is 21.8. The lowest BCUT2D eigenvalue weighted by Gasteiger charge is -2.49. The van der Waals surface area contributed by atoms with E-state index in [0.29, 0.717) is 55.5 Å². The molecule has 0 fully saturated rings. The second-order valence-corrected chi connectivity index (χ2v) is 11.5. The van der Waals surface area contributed by atoms with E-state index >= 15 is 0 Å². The number of rotatable bonds is 6. The van der Waals surface area contributed by atoms with Gasteiger partial charge in [0.2, 0.25) is 0 Å². The Balaban J connectivity index is 1.98. The summed E-state index contributed by atoms with van der Waals surface area (Å²) in [5, 5.41) is 23.7. The maximum atomic E-state index is 13.7. The summed E-state index contributed by atoms with van der Waals surface area (Å²) in [5.74, 6) is -1.48. The van der Waals surface area contributed by atoms with Gasteiger partial charge in [0.05, 0.1) is 4.92 Å². The van der Waals surface area contributed by atoms with E-state index in [1.54, 1.807) is 7.11 Å². The molecule has 4 rings (SSSR count). The topological polar surface area (TPSA) is 113 Å². The van der Waals surface area contributed by atoms with Gasteiger partial charge < -0.3 is 14.7 Å². The van der Waals surface area contributed by atoms with Crippen LogP contribution in [-0.4, -0.2) is 41.7 Å². The van der Waals surface area contributed by atoms with Crippen molar-refractivity contribution in [1.82, 2.24) is 4.90 Å². The van der Waals surface area contributed by atoms with E-state index in [1.807, 2.05) is 0 Å². The SMILES string of the molecule is COCCCN1C2=C(C(=O)CC(C)(C)C2)C(c2ccc([O-])c([N+](=O)[O-])c2)C2=C1CC(C)(C)CC2=O. The Bertz CT molecular complexity index is 1110. The summed E-state index contributed by atoms with van der Waals surface area (Å²) in [7, 11) is 1.65. The van der Waals surface area contributed by atoms with E-state index in [0.717, 1.165) is 17.8 Å². The Labute approximate surface area is 205 Å². The van der Waals surface area contributed by atoms with Gasteiger partial charge in [0.1, 0.15) is 0 Å². The van der Waals surface area contributed by atoms with Crippen LogP contribution in [0, 0.1) is 20.9 Å². The molecule has 3 aliphatic rings. The molecule has 0 saturated heterocycles. The Kier molecular flexibility index (Phi) is 6.38. The molecule has 8 nitrogen and oxygen atoms in total. The van der Waals surface area contributed by atoms with Crippen molar-refractivity contribution >= 4 is 17.3 Å². The molecule has 0 bridgehead atoms. The van der Waals surface area contributed by atoms with Crippen LogP contribution in [0.1, 0.15) is 71.3 Å². The lowest BCUT2D eigenvalue weighted by Crippen LogP contribution is -2.44. The first-order valence-corrected chi connectivity index (χ1v) is 12.1. The van der Waals surface area contributed by atoms with Crippen molar-refractivity contribution in [1.29, 1.82) is 0 Å². The fourth-order valence-electron chi connectivity index (χ4n) is 5.87. The predicted molar refractivity (Wildman–Crippen MR) is 129 cm³/mol. The maximum Gasteiger partial charge on any atom is 0.262 e. The molecular weight excluding hydrogens is 448 g/mol. The van der Waals surface area contributed by atoms with Gasteiger partial charge in [0.15, 0.2) is 11.6 Å². The van der Waals surface area contributed by atoms with Gasteiger partial charge in [-0.3, -0.25) is 19.7 Å². The Hall–Kier alpha value is -3.00. The van der Waals surface area contributed by atoms with Crippen molar-refractivity contribution in [3.05, 3.63) is 56.4 Å². The highest BCUT2D eigenvalue weighted by molar-refractivity contribution is 6.06. The average Bonchev–Trinajstić information content (AvgIpc) is 2.72. The number of methoxy groups -OCH3 is 1. The van der Waals surface area contributed by atoms with Crippen molar-refractivity contribution < 1.29 is 24.4 Å². The summed E-state index contributed by atoms with van der Waals surface area (Å²) in [6.45, 7) is 9.42. The minimum Gasteiger partial charge on any atom is -0.868 e. The van der Waals surface area contributed by atoms with Crippen LogP contribution in [0.5, 0.6) is 5.75 Å². The number of nitro benzene ring substituents is 1. The molecule has 1 aliphatic heterocycles. The van der Waals surface area contributed by atoms with Crippen molar-refractivity contribution in [2.75, 3.05) is 20.3 Å². The number of nitro groups is 1. The first-order valence-electron chi connectivity index (χ1n) is 12.1. The number of ether oxygens (including phenoxy) is 1. The van der Waals surface area contributed by atoms with Crippen molar-refractivity contribution in [2.24, 2.45) is 10.8 Å². The van der Waals surface area contributed by atoms with E-state index < -0.39 is 22.3 Å². The molecule has 35 heavy (non-hydrogen) atoms. The zero-order chi connectivity index (χ0) is 25.7. The molecule has 0 N–H and O–H groups in total. The lowest BCUT2D eigenvalue weighted by atomic mass is 9.63. The Morgan fingerprint density at radius 1 is 1.00 bits per heavy atom. The number of benzene rings is 1. The van der Waals surface area contributed by atoms with Gasteiger partial charge in [0.25, 0.3) is 5.69 Å². The zero-order valence-electron chi connectivity index (χ0n) is 21.1. The number of ketones is 2. The number of nitrogens with zero attached hydrogens (tertiary/aromatic N) is 2. The molecule has 0 radical (unpaired) electrons. The van der Waals surface area contributed by atoms with Crippen LogP contribution in [-0.2, 0) is 14.3 Å². The lowest BCUT2D eigenvalue weighted by molar-refractivity contribution is -0.398.